The van der Waals surface area contributed by atoms with E-state index in [2.05, 4.69) is 10.3 Å². The van der Waals surface area contributed by atoms with Crippen LogP contribution in [0.4, 0.5) is 4.79 Å². The topological polar surface area (TPSA) is 146 Å². The number of amides is 3. The van der Waals surface area contributed by atoms with E-state index in [0.717, 1.165) is 11.8 Å². The van der Waals surface area contributed by atoms with Crippen LogP contribution in [-0.4, -0.2) is 35.9 Å². The predicted molar refractivity (Wildman–Crippen MR) is 58.6 cm³/mol. The normalized spacial score (nSPS) is 8.87. The molecule has 0 aromatic carbocycles. The van der Waals surface area contributed by atoms with Crippen LogP contribution in [0.1, 0.15) is 0 Å². The molecule has 0 rings (SSSR count). The van der Waals surface area contributed by atoms with Crippen molar-refractivity contribution in [2.24, 2.45) is 16.5 Å². The van der Waals surface area contributed by atoms with Gasteiger partial charge in [-0.1, -0.05) is 11.8 Å². The highest BCUT2D eigenvalue weighted by Crippen LogP contribution is 2.02. The Morgan fingerprint density at radius 1 is 1.47 bits per heavy atom. The van der Waals surface area contributed by atoms with Crippen LogP contribution in [0.25, 0.3) is 0 Å². The lowest BCUT2D eigenvalue weighted by Gasteiger charge is -2.01. The number of urea groups is 1. The lowest BCUT2D eigenvalue weighted by molar-refractivity contribution is -0.117. The molecule has 0 unspecified atom stereocenters. The number of nitrogens with one attached hydrogen (secondary N) is 3. The molecule has 3 amide bonds. The van der Waals surface area contributed by atoms with E-state index in [-0.39, 0.29) is 16.9 Å². The zero-order valence-corrected chi connectivity index (χ0v) is 8.85. The van der Waals surface area contributed by atoms with Gasteiger partial charge in [-0.3, -0.25) is 15.5 Å². The summed E-state index contributed by atoms with van der Waals surface area (Å²) in [5.41, 5.74) is 10.0. The minimum absolute atomic E-state index is 0.108. The highest BCUT2D eigenvalue weighted by atomic mass is 32.2. The summed E-state index contributed by atoms with van der Waals surface area (Å²) >= 11 is 0.809. The summed E-state index contributed by atoms with van der Waals surface area (Å²) in [7, 11) is 1.39. The molecule has 0 aliphatic carbocycles. The van der Waals surface area contributed by atoms with Crippen LogP contribution in [0, 0.1) is 5.41 Å². The number of hydrogen-bond acceptors (Lipinski definition) is 4. The highest BCUT2D eigenvalue weighted by Gasteiger charge is 2.07. The van der Waals surface area contributed by atoms with Gasteiger partial charge in [0, 0.05) is 7.05 Å². The van der Waals surface area contributed by atoms with Crippen molar-refractivity contribution in [3.05, 3.63) is 0 Å². The number of aliphatic imine (C=N–C) groups is 1. The third-order valence-electron chi connectivity index (χ3n) is 1.05. The van der Waals surface area contributed by atoms with Gasteiger partial charge in [-0.2, -0.15) is 4.99 Å². The number of hydrogen-bond donors (Lipinski definition) is 5. The molecular weight excluding hydrogens is 220 g/mol. The Balaban J connectivity index is 3.86. The molecule has 8 nitrogen and oxygen atoms in total. The quantitative estimate of drug-likeness (QED) is 0.287. The number of thioether (sulfide) groups is 1. The van der Waals surface area contributed by atoms with Crippen molar-refractivity contribution >= 4 is 34.8 Å². The van der Waals surface area contributed by atoms with Crippen molar-refractivity contribution in [3.8, 4) is 0 Å². The molecule has 0 radical (unpaired) electrons. The Labute approximate surface area is 90.4 Å². The molecule has 0 saturated heterocycles. The zero-order valence-electron chi connectivity index (χ0n) is 8.03. The third kappa shape index (κ3) is 7.31. The van der Waals surface area contributed by atoms with Gasteiger partial charge in [0.15, 0.2) is 11.1 Å². The van der Waals surface area contributed by atoms with Gasteiger partial charge >= 0.3 is 6.03 Å². The molecule has 7 N–H and O–H groups in total. The number of imide groups is 1. The van der Waals surface area contributed by atoms with Gasteiger partial charge in [0.2, 0.25) is 5.91 Å². The van der Waals surface area contributed by atoms with Gasteiger partial charge in [-0.25, -0.2) is 4.79 Å². The lowest BCUT2D eigenvalue weighted by Crippen LogP contribution is -2.38. The molecule has 0 bridgehead atoms. The summed E-state index contributed by atoms with van der Waals surface area (Å²) in [6.07, 6.45) is 0. The molecule has 0 aromatic heterocycles. The second kappa shape index (κ2) is 6.65. The molecule has 0 atom stereocenters. The number of rotatable bonds is 2. The summed E-state index contributed by atoms with van der Waals surface area (Å²) in [5.74, 6) is -0.891. The van der Waals surface area contributed by atoms with Crippen molar-refractivity contribution in [2.75, 3.05) is 12.8 Å². The van der Waals surface area contributed by atoms with Gasteiger partial charge in [0.1, 0.15) is 0 Å². The number of carbonyl (C=O) groups is 2. The number of nitrogens with two attached hydrogens (primary N) is 2. The summed E-state index contributed by atoms with van der Waals surface area (Å²) in [4.78, 5) is 25.1. The van der Waals surface area contributed by atoms with Crippen LogP contribution in [-0.2, 0) is 4.79 Å². The zero-order chi connectivity index (χ0) is 11.8. The van der Waals surface area contributed by atoms with Gasteiger partial charge in [0.25, 0.3) is 0 Å². The van der Waals surface area contributed by atoms with E-state index in [9.17, 15) is 9.59 Å². The SMILES string of the molecule is CNC(=O)NC(=O)CSC(=N)N=C(N)N. The summed E-state index contributed by atoms with van der Waals surface area (Å²) < 4.78 is 0. The first-order valence-electron chi connectivity index (χ1n) is 3.78. The van der Waals surface area contributed by atoms with Crippen molar-refractivity contribution in [3.63, 3.8) is 0 Å². The fraction of sp³-hybridized carbons (Fsp3) is 0.333. The molecule has 0 aliphatic rings. The lowest BCUT2D eigenvalue weighted by atomic mass is 10.7. The van der Waals surface area contributed by atoms with Crippen molar-refractivity contribution in [1.82, 2.24) is 10.6 Å². The predicted octanol–water partition coefficient (Wildman–Crippen LogP) is -1.62. The Morgan fingerprint density at radius 3 is 2.53 bits per heavy atom. The summed E-state index contributed by atoms with van der Waals surface area (Å²) in [6.45, 7) is 0. The molecule has 0 saturated carbocycles. The maximum atomic E-state index is 11.0. The van der Waals surface area contributed by atoms with Crippen LogP contribution in [0.15, 0.2) is 4.99 Å². The van der Waals surface area contributed by atoms with Gasteiger partial charge in [-0.15, -0.1) is 0 Å². The van der Waals surface area contributed by atoms with Crippen LogP contribution < -0.4 is 22.1 Å². The Bertz CT molecular complexity index is 298. The monoisotopic (exact) mass is 232 g/mol. The highest BCUT2D eigenvalue weighted by molar-refractivity contribution is 8.14. The van der Waals surface area contributed by atoms with Gasteiger partial charge < -0.3 is 16.8 Å². The molecule has 15 heavy (non-hydrogen) atoms. The first kappa shape index (κ1) is 13.2. The average molecular weight is 232 g/mol. The Kier molecular flexibility index (Phi) is 5.86. The second-order valence-electron chi connectivity index (χ2n) is 2.26. The van der Waals surface area contributed by atoms with E-state index in [1.165, 1.54) is 7.05 Å². The number of nitrogens with zero attached hydrogens (tertiary/aromatic N) is 1. The molecule has 0 heterocycles. The molecule has 84 valence electrons. The summed E-state index contributed by atoms with van der Waals surface area (Å²) in [5, 5.41) is 11.2. The van der Waals surface area contributed by atoms with E-state index in [4.69, 9.17) is 16.9 Å². The third-order valence-corrected chi connectivity index (χ3v) is 1.82. The average Bonchev–Trinajstić information content (AvgIpc) is 2.13. The van der Waals surface area contributed by atoms with Gasteiger partial charge in [-0.05, 0) is 0 Å². The maximum absolute atomic E-state index is 11.0. The second-order valence-corrected chi connectivity index (χ2v) is 3.22. The van der Waals surface area contributed by atoms with Crippen molar-refractivity contribution < 1.29 is 9.59 Å². The molecule has 0 aromatic rings. The van der Waals surface area contributed by atoms with E-state index < -0.39 is 11.9 Å². The summed E-state index contributed by atoms with van der Waals surface area (Å²) in [6, 6.07) is -0.603. The molecule has 0 aliphatic heterocycles. The molecular formula is C6H12N6O2S. The minimum Gasteiger partial charge on any atom is -0.370 e. The molecule has 0 spiro atoms. The van der Waals surface area contributed by atoms with E-state index in [1.54, 1.807) is 0 Å². The van der Waals surface area contributed by atoms with Crippen molar-refractivity contribution in [2.45, 2.75) is 0 Å². The van der Waals surface area contributed by atoms with E-state index in [0.29, 0.717) is 0 Å². The standard InChI is InChI=1S/C6H12N6O2S/c1-10-6(14)11-3(13)2-15-5(9)12-4(7)8/h2H2,1H3,(H5,7,8,9,12)(H2,10,11,13,14). The van der Waals surface area contributed by atoms with Crippen LogP contribution >= 0.6 is 11.8 Å². The first-order chi connectivity index (χ1) is 6.95. The number of guanidine groups is 1. The molecule has 0 fully saturated rings. The van der Waals surface area contributed by atoms with E-state index in [1.807, 2.05) is 5.32 Å². The molecule has 9 heteroatoms. The Hall–Kier alpha value is -1.77. The van der Waals surface area contributed by atoms with Crippen molar-refractivity contribution in [1.29, 1.82) is 5.41 Å². The fourth-order valence-electron chi connectivity index (χ4n) is 0.509. The van der Waals surface area contributed by atoms with E-state index >= 15 is 0 Å². The smallest absolute Gasteiger partial charge is 0.321 e. The van der Waals surface area contributed by atoms with Gasteiger partial charge in [0.05, 0.1) is 5.75 Å². The number of amidine groups is 1. The van der Waals surface area contributed by atoms with Crippen LogP contribution in [0.3, 0.4) is 0 Å². The Morgan fingerprint density at radius 2 is 2.07 bits per heavy atom. The van der Waals surface area contributed by atoms with Crippen LogP contribution in [0.5, 0.6) is 0 Å². The first-order valence-corrected chi connectivity index (χ1v) is 4.76. The number of carbonyl (C=O) groups excluding carboxylic acids is 2. The van der Waals surface area contributed by atoms with Crippen LogP contribution in [0.2, 0.25) is 0 Å². The minimum atomic E-state index is -0.603. The maximum Gasteiger partial charge on any atom is 0.321 e. The fourth-order valence-corrected chi connectivity index (χ4v) is 1.02. The largest absolute Gasteiger partial charge is 0.370 e.